The Morgan fingerprint density at radius 2 is 1.96 bits per heavy atom. The average Bonchev–Trinajstić information content (AvgIpc) is 2.90. The third-order valence-corrected chi connectivity index (χ3v) is 4.13. The molecule has 1 unspecified atom stereocenters. The maximum atomic E-state index is 12.7. The Morgan fingerprint density at radius 3 is 2.65 bits per heavy atom. The summed E-state index contributed by atoms with van der Waals surface area (Å²) in [5.41, 5.74) is 3.25. The summed E-state index contributed by atoms with van der Waals surface area (Å²) in [6.45, 7) is 5.40. The Morgan fingerprint density at radius 1 is 1.19 bits per heavy atom. The molecule has 0 radical (unpaired) electrons. The molecule has 5 nitrogen and oxygen atoms in total. The molecule has 0 bridgehead atoms. The summed E-state index contributed by atoms with van der Waals surface area (Å²) >= 11 is 0. The fourth-order valence-corrected chi connectivity index (χ4v) is 2.87. The van der Waals surface area contributed by atoms with Crippen molar-refractivity contribution in [2.24, 2.45) is 0 Å². The van der Waals surface area contributed by atoms with Crippen LogP contribution < -0.4 is 9.47 Å². The first kappa shape index (κ1) is 17.7. The monoisotopic (exact) mass is 352 g/mol. The van der Waals surface area contributed by atoms with Crippen LogP contribution in [0.4, 0.5) is 0 Å². The number of methoxy groups -OCH3 is 1. The van der Waals surface area contributed by atoms with Gasteiger partial charge in [-0.05, 0) is 44.0 Å². The second-order valence-electron chi connectivity index (χ2n) is 6.25. The van der Waals surface area contributed by atoms with Gasteiger partial charge in [-0.1, -0.05) is 29.8 Å². The molecule has 1 aliphatic rings. The number of fused-ring (bicyclic) bond motifs is 1. The Hall–Kier alpha value is -3.08. The lowest BCUT2D eigenvalue weighted by atomic mass is 10.0. The van der Waals surface area contributed by atoms with Gasteiger partial charge in [0.2, 0.25) is 5.78 Å². The van der Waals surface area contributed by atoms with Gasteiger partial charge in [0.25, 0.3) is 0 Å². The summed E-state index contributed by atoms with van der Waals surface area (Å²) in [6.07, 6.45) is 0.976. The number of Topliss-reactive ketones (excluding diaryl/α,β-unsaturated/α-hetero) is 1. The van der Waals surface area contributed by atoms with Gasteiger partial charge >= 0.3 is 5.97 Å². The molecule has 0 fully saturated rings. The van der Waals surface area contributed by atoms with Crippen molar-refractivity contribution in [2.45, 2.75) is 26.9 Å². The maximum absolute atomic E-state index is 12.7. The predicted molar refractivity (Wildman–Crippen MR) is 97.4 cm³/mol. The number of esters is 1. The van der Waals surface area contributed by atoms with E-state index >= 15 is 0 Å². The highest BCUT2D eigenvalue weighted by molar-refractivity contribution is 6.15. The van der Waals surface area contributed by atoms with Gasteiger partial charge in [-0.3, -0.25) is 4.79 Å². The minimum atomic E-state index is -0.753. The fraction of sp³-hybridized carbons (Fsp3) is 0.238. The van der Waals surface area contributed by atoms with E-state index in [1.807, 2.05) is 38.1 Å². The lowest BCUT2D eigenvalue weighted by molar-refractivity contribution is -0.147. The zero-order valence-corrected chi connectivity index (χ0v) is 15.2. The van der Waals surface area contributed by atoms with E-state index in [2.05, 4.69) is 4.74 Å². The molecule has 0 aliphatic carbocycles. The highest BCUT2D eigenvalue weighted by Crippen LogP contribution is 2.37. The third-order valence-electron chi connectivity index (χ3n) is 4.13. The highest BCUT2D eigenvalue weighted by atomic mass is 16.6. The van der Waals surface area contributed by atoms with Gasteiger partial charge in [-0.15, -0.1) is 0 Å². The van der Waals surface area contributed by atoms with Gasteiger partial charge in [0.15, 0.2) is 11.9 Å². The van der Waals surface area contributed by atoms with Gasteiger partial charge in [-0.25, -0.2) is 4.79 Å². The van der Waals surface area contributed by atoms with Crippen LogP contribution in [0, 0.1) is 13.8 Å². The first-order valence-electron chi connectivity index (χ1n) is 8.29. The molecule has 0 aromatic heterocycles. The van der Waals surface area contributed by atoms with Crippen LogP contribution in [0.3, 0.4) is 0 Å². The SMILES string of the molecule is COC(=O)C(C)Oc1cc(C)c2c(c1)O/C(=C\c1cccc(C)c1)C2=O. The molecule has 1 aliphatic heterocycles. The number of hydrogen-bond acceptors (Lipinski definition) is 5. The molecule has 26 heavy (non-hydrogen) atoms. The summed E-state index contributed by atoms with van der Waals surface area (Å²) in [4.78, 5) is 24.2. The molecule has 1 atom stereocenters. The number of aryl methyl sites for hydroxylation is 2. The van der Waals surface area contributed by atoms with Crippen LogP contribution in [0.1, 0.15) is 34.0 Å². The molecule has 2 aromatic rings. The molecule has 5 heteroatoms. The van der Waals surface area contributed by atoms with Gasteiger partial charge in [-0.2, -0.15) is 0 Å². The van der Waals surface area contributed by atoms with Crippen molar-refractivity contribution < 1.29 is 23.8 Å². The van der Waals surface area contributed by atoms with Crippen LogP contribution in [-0.4, -0.2) is 25.0 Å². The molecule has 0 saturated heterocycles. The number of hydrogen-bond donors (Lipinski definition) is 0. The van der Waals surface area contributed by atoms with E-state index in [1.54, 1.807) is 25.1 Å². The van der Waals surface area contributed by atoms with Crippen LogP contribution in [0.15, 0.2) is 42.2 Å². The zero-order chi connectivity index (χ0) is 18.8. The van der Waals surface area contributed by atoms with Crippen LogP contribution in [0.2, 0.25) is 0 Å². The number of allylic oxidation sites excluding steroid dienone is 1. The smallest absolute Gasteiger partial charge is 0.346 e. The van der Waals surface area contributed by atoms with Gasteiger partial charge < -0.3 is 14.2 Å². The third kappa shape index (κ3) is 3.47. The minimum absolute atomic E-state index is 0.161. The van der Waals surface area contributed by atoms with Crippen molar-refractivity contribution in [1.29, 1.82) is 0 Å². The Balaban J connectivity index is 1.90. The molecule has 2 aromatic carbocycles. The van der Waals surface area contributed by atoms with Crippen molar-refractivity contribution in [1.82, 2.24) is 0 Å². The first-order valence-corrected chi connectivity index (χ1v) is 8.29. The quantitative estimate of drug-likeness (QED) is 0.618. The molecule has 0 amide bonds. The van der Waals surface area contributed by atoms with Gasteiger partial charge in [0, 0.05) is 6.07 Å². The van der Waals surface area contributed by atoms with Crippen LogP contribution in [-0.2, 0) is 9.53 Å². The lowest BCUT2D eigenvalue weighted by Crippen LogP contribution is -2.24. The first-order chi connectivity index (χ1) is 12.4. The number of benzene rings is 2. The summed E-state index contributed by atoms with van der Waals surface area (Å²) in [5.74, 6) is 0.517. The summed E-state index contributed by atoms with van der Waals surface area (Å²) in [7, 11) is 1.31. The number of rotatable bonds is 4. The molecule has 134 valence electrons. The van der Waals surface area contributed by atoms with E-state index in [-0.39, 0.29) is 11.5 Å². The number of carbonyl (C=O) groups excluding carboxylic acids is 2. The summed E-state index contributed by atoms with van der Waals surface area (Å²) in [5, 5.41) is 0. The largest absolute Gasteiger partial charge is 0.479 e. The van der Waals surface area contributed by atoms with E-state index in [9.17, 15) is 9.59 Å². The molecule has 0 saturated carbocycles. The Labute approximate surface area is 152 Å². The molecule has 0 N–H and O–H groups in total. The maximum Gasteiger partial charge on any atom is 0.346 e. The van der Waals surface area contributed by atoms with Crippen molar-refractivity contribution in [3.8, 4) is 11.5 Å². The van der Waals surface area contributed by atoms with Crippen LogP contribution >= 0.6 is 0 Å². The average molecular weight is 352 g/mol. The predicted octanol–water partition coefficient (Wildman–Crippen LogP) is 3.86. The van der Waals surface area contributed by atoms with E-state index in [0.29, 0.717) is 17.1 Å². The van der Waals surface area contributed by atoms with Gasteiger partial charge in [0.05, 0.1) is 12.7 Å². The van der Waals surface area contributed by atoms with E-state index in [4.69, 9.17) is 9.47 Å². The minimum Gasteiger partial charge on any atom is -0.479 e. The molecular formula is C21H20O5. The standard InChI is InChI=1S/C21H20O5/c1-12-6-5-7-15(8-12)10-18-20(22)19-13(2)9-16(11-17(19)26-18)25-14(3)21(23)24-4/h5-11,14H,1-4H3/b18-10-. The summed E-state index contributed by atoms with van der Waals surface area (Å²) < 4.78 is 16.0. The second-order valence-corrected chi connectivity index (χ2v) is 6.25. The normalized spacial score (nSPS) is 15.4. The number of ketones is 1. The van der Waals surface area contributed by atoms with Crippen molar-refractivity contribution >= 4 is 17.8 Å². The topological polar surface area (TPSA) is 61.8 Å². The molecule has 3 rings (SSSR count). The second kappa shape index (κ2) is 7.04. The number of carbonyl (C=O) groups is 2. The zero-order valence-electron chi connectivity index (χ0n) is 15.2. The van der Waals surface area contributed by atoms with E-state index in [0.717, 1.165) is 16.7 Å². The molecular weight excluding hydrogens is 332 g/mol. The van der Waals surface area contributed by atoms with Crippen molar-refractivity contribution in [3.63, 3.8) is 0 Å². The Bertz CT molecular complexity index is 911. The highest BCUT2D eigenvalue weighted by Gasteiger charge is 2.30. The summed E-state index contributed by atoms with van der Waals surface area (Å²) in [6, 6.07) is 11.2. The molecule has 1 heterocycles. The number of ether oxygens (including phenoxy) is 3. The van der Waals surface area contributed by atoms with Crippen molar-refractivity contribution in [2.75, 3.05) is 7.11 Å². The van der Waals surface area contributed by atoms with E-state index in [1.165, 1.54) is 7.11 Å². The van der Waals surface area contributed by atoms with Crippen LogP contribution in [0.25, 0.3) is 6.08 Å². The molecule has 0 spiro atoms. The lowest BCUT2D eigenvalue weighted by Gasteiger charge is -2.13. The van der Waals surface area contributed by atoms with Crippen molar-refractivity contribution in [3.05, 3.63) is 64.4 Å². The Kier molecular flexibility index (Phi) is 4.80. The van der Waals surface area contributed by atoms with Crippen LogP contribution in [0.5, 0.6) is 11.5 Å². The van der Waals surface area contributed by atoms with Gasteiger partial charge in [0.1, 0.15) is 11.5 Å². The van der Waals surface area contributed by atoms with E-state index < -0.39 is 12.1 Å². The fourth-order valence-electron chi connectivity index (χ4n) is 2.87.